The van der Waals surface area contributed by atoms with E-state index in [2.05, 4.69) is 264 Å². The smallest absolute Gasteiger partial charge is 0.0546 e. The zero-order chi connectivity index (χ0) is 42.4. The van der Waals surface area contributed by atoms with E-state index in [1.165, 1.54) is 76.7 Å². The first-order chi connectivity index (χ1) is 31.8. The van der Waals surface area contributed by atoms with Gasteiger partial charge in [-0.25, -0.2) is 0 Å². The third-order valence-corrected chi connectivity index (χ3v) is 12.8. The number of fused-ring (bicyclic) bond motifs is 5. The van der Waals surface area contributed by atoms with Crippen molar-refractivity contribution in [2.24, 2.45) is 0 Å². The Labute approximate surface area is 373 Å². The Morgan fingerprint density at radius 1 is 0.281 bits per heavy atom. The summed E-state index contributed by atoms with van der Waals surface area (Å²) in [4.78, 5) is 2.45. The number of anilines is 3. The summed E-state index contributed by atoms with van der Waals surface area (Å²) < 4.78 is 2.45. The first-order valence-electron chi connectivity index (χ1n) is 22.0. The number of nitrogens with zero attached hydrogens (tertiary/aromatic N) is 2. The summed E-state index contributed by atoms with van der Waals surface area (Å²) in [6.45, 7) is 0. The van der Waals surface area contributed by atoms with Gasteiger partial charge in [0.2, 0.25) is 0 Å². The van der Waals surface area contributed by atoms with Gasteiger partial charge in [0.25, 0.3) is 0 Å². The summed E-state index contributed by atoms with van der Waals surface area (Å²) in [5.74, 6) is 0. The number of rotatable bonds is 8. The van der Waals surface area contributed by atoms with Crippen molar-refractivity contribution in [2.45, 2.75) is 0 Å². The average Bonchev–Trinajstić information content (AvgIpc) is 3.71. The van der Waals surface area contributed by atoms with Crippen molar-refractivity contribution in [1.82, 2.24) is 4.57 Å². The summed E-state index contributed by atoms with van der Waals surface area (Å²) in [5, 5.41) is 7.37. The summed E-state index contributed by atoms with van der Waals surface area (Å²) in [5.41, 5.74) is 16.3. The zero-order valence-corrected chi connectivity index (χ0v) is 35.1. The zero-order valence-electron chi connectivity index (χ0n) is 35.1. The van der Waals surface area contributed by atoms with Gasteiger partial charge < -0.3 is 9.47 Å². The van der Waals surface area contributed by atoms with Crippen molar-refractivity contribution in [3.8, 4) is 50.2 Å². The molecule has 64 heavy (non-hydrogen) atoms. The maximum absolute atomic E-state index is 2.45. The Balaban J connectivity index is 1.07. The van der Waals surface area contributed by atoms with Gasteiger partial charge in [-0.2, -0.15) is 0 Å². The summed E-state index contributed by atoms with van der Waals surface area (Å²) in [6, 6.07) is 92.8. The van der Waals surface area contributed by atoms with Gasteiger partial charge in [-0.15, -0.1) is 0 Å². The molecule has 0 radical (unpaired) electrons. The highest BCUT2D eigenvalue weighted by atomic mass is 15.1. The lowest BCUT2D eigenvalue weighted by Crippen LogP contribution is -2.12. The minimum absolute atomic E-state index is 1.08. The van der Waals surface area contributed by atoms with Crippen LogP contribution >= 0.6 is 0 Å². The van der Waals surface area contributed by atoms with Crippen molar-refractivity contribution in [3.05, 3.63) is 255 Å². The van der Waals surface area contributed by atoms with Crippen LogP contribution in [0.1, 0.15) is 0 Å². The predicted molar refractivity (Wildman–Crippen MR) is 272 cm³/mol. The molecule has 0 saturated heterocycles. The van der Waals surface area contributed by atoms with Gasteiger partial charge in [-0.05, 0) is 98.1 Å². The van der Waals surface area contributed by atoms with Crippen molar-refractivity contribution in [2.75, 3.05) is 4.90 Å². The quantitative estimate of drug-likeness (QED) is 0.148. The topological polar surface area (TPSA) is 8.17 Å². The molecule has 300 valence electrons. The molecule has 0 bridgehead atoms. The molecule has 0 unspecified atom stereocenters. The van der Waals surface area contributed by atoms with Crippen LogP contribution in [0.25, 0.3) is 93.5 Å². The van der Waals surface area contributed by atoms with Crippen molar-refractivity contribution in [1.29, 1.82) is 0 Å². The fraction of sp³-hybridized carbons (Fsp3) is 0. The van der Waals surface area contributed by atoms with E-state index < -0.39 is 0 Å². The molecule has 0 aliphatic heterocycles. The van der Waals surface area contributed by atoms with Gasteiger partial charge in [0.15, 0.2) is 0 Å². The molecule has 1 aromatic heterocycles. The second kappa shape index (κ2) is 15.8. The molecule has 0 atom stereocenters. The van der Waals surface area contributed by atoms with E-state index in [1.807, 2.05) is 0 Å². The Morgan fingerprint density at radius 3 is 1.55 bits per heavy atom. The standard InChI is InChI=1S/C62H42N2/c1-3-19-44(20-4-1)51-24-11-14-30-57(51)63(60-41-40-50(53-25-9-10-26-54(53)60)48-35-34-43-18-7-8-23-47(43)42-48)49-38-36-46(37-39-49)62-52(45-21-5-2-6-22-45)29-17-33-61(62)64-58-31-15-12-27-55(58)56-28-13-16-32-59(56)64/h1-42H. The molecule has 0 spiro atoms. The van der Waals surface area contributed by atoms with E-state index in [-0.39, 0.29) is 0 Å². The molecule has 12 aromatic rings. The number of para-hydroxylation sites is 3. The Hall–Kier alpha value is -8.46. The number of aromatic nitrogens is 1. The fourth-order valence-electron chi connectivity index (χ4n) is 9.87. The largest absolute Gasteiger partial charge is 0.309 e. The summed E-state index contributed by atoms with van der Waals surface area (Å²) >= 11 is 0. The molecule has 2 nitrogen and oxygen atoms in total. The van der Waals surface area contributed by atoms with Gasteiger partial charge in [-0.1, -0.05) is 206 Å². The molecule has 0 aliphatic rings. The number of hydrogen-bond acceptors (Lipinski definition) is 1. The maximum atomic E-state index is 2.45. The van der Waals surface area contributed by atoms with Crippen LogP contribution in [0.3, 0.4) is 0 Å². The highest BCUT2D eigenvalue weighted by molar-refractivity contribution is 6.11. The molecule has 12 rings (SSSR count). The fourth-order valence-corrected chi connectivity index (χ4v) is 9.87. The Kier molecular flexibility index (Phi) is 9.20. The highest BCUT2D eigenvalue weighted by Gasteiger charge is 2.23. The highest BCUT2D eigenvalue weighted by Crippen LogP contribution is 2.47. The summed E-state index contributed by atoms with van der Waals surface area (Å²) in [6.07, 6.45) is 0. The minimum atomic E-state index is 1.08. The summed E-state index contributed by atoms with van der Waals surface area (Å²) in [7, 11) is 0. The van der Waals surface area contributed by atoms with Crippen molar-refractivity contribution >= 4 is 60.4 Å². The Morgan fingerprint density at radius 2 is 0.828 bits per heavy atom. The molecule has 11 aromatic carbocycles. The SMILES string of the molecule is c1ccc(-c2ccccc2N(c2ccc(-c3c(-c4ccccc4)cccc3-n3c4ccccc4c4ccccc43)cc2)c2ccc(-c3ccc4ccccc4c3)c3ccccc23)cc1. The molecule has 0 fully saturated rings. The van der Waals surface area contributed by atoms with Crippen molar-refractivity contribution in [3.63, 3.8) is 0 Å². The van der Waals surface area contributed by atoms with Crippen LogP contribution in [-0.4, -0.2) is 4.57 Å². The van der Waals surface area contributed by atoms with Crippen LogP contribution in [0.5, 0.6) is 0 Å². The van der Waals surface area contributed by atoms with E-state index in [4.69, 9.17) is 0 Å². The average molecular weight is 815 g/mol. The lowest BCUT2D eigenvalue weighted by Gasteiger charge is -2.30. The third-order valence-electron chi connectivity index (χ3n) is 12.8. The van der Waals surface area contributed by atoms with Gasteiger partial charge >= 0.3 is 0 Å². The monoisotopic (exact) mass is 814 g/mol. The normalized spacial score (nSPS) is 11.4. The van der Waals surface area contributed by atoms with Crippen LogP contribution in [0, 0.1) is 0 Å². The van der Waals surface area contributed by atoms with Crippen LogP contribution in [-0.2, 0) is 0 Å². The molecule has 2 heteroatoms. The lowest BCUT2D eigenvalue weighted by molar-refractivity contribution is 1.18. The second-order valence-corrected chi connectivity index (χ2v) is 16.4. The van der Waals surface area contributed by atoms with Gasteiger partial charge in [0, 0.05) is 33.0 Å². The van der Waals surface area contributed by atoms with Gasteiger partial charge in [0.05, 0.1) is 28.1 Å². The van der Waals surface area contributed by atoms with Crippen LogP contribution in [0.2, 0.25) is 0 Å². The van der Waals surface area contributed by atoms with E-state index in [0.717, 1.165) is 33.9 Å². The number of hydrogen-bond donors (Lipinski definition) is 0. The van der Waals surface area contributed by atoms with Crippen LogP contribution in [0.15, 0.2) is 255 Å². The molecule has 0 aliphatic carbocycles. The van der Waals surface area contributed by atoms with Gasteiger partial charge in [-0.3, -0.25) is 0 Å². The second-order valence-electron chi connectivity index (χ2n) is 16.4. The van der Waals surface area contributed by atoms with Gasteiger partial charge in [0.1, 0.15) is 0 Å². The van der Waals surface area contributed by atoms with E-state index in [9.17, 15) is 0 Å². The lowest BCUT2D eigenvalue weighted by atomic mass is 9.92. The first-order valence-corrected chi connectivity index (χ1v) is 22.0. The third kappa shape index (κ3) is 6.35. The van der Waals surface area contributed by atoms with E-state index in [1.54, 1.807) is 0 Å². The van der Waals surface area contributed by atoms with Crippen LogP contribution < -0.4 is 4.90 Å². The molecular weight excluding hydrogens is 773 g/mol. The predicted octanol–water partition coefficient (Wildman–Crippen LogP) is 17.2. The first kappa shape index (κ1) is 37.3. The minimum Gasteiger partial charge on any atom is -0.309 e. The molecule has 0 amide bonds. The number of benzene rings is 11. The van der Waals surface area contributed by atoms with Crippen molar-refractivity contribution < 1.29 is 0 Å². The van der Waals surface area contributed by atoms with Crippen LogP contribution in [0.4, 0.5) is 17.1 Å². The van der Waals surface area contributed by atoms with E-state index >= 15 is 0 Å². The Bertz CT molecular complexity index is 3610. The van der Waals surface area contributed by atoms with E-state index in [0.29, 0.717) is 0 Å². The molecule has 1 heterocycles. The molecular formula is C62H42N2. The molecule has 0 saturated carbocycles. The molecule has 0 N–H and O–H groups in total. The maximum Gasteiger partial charge on any atom is 0.0546 e.